The smallest absolute Gasteiger partial charge is 0.266 e. The van der Waals surface area contributed by atoms with Crippen LogP contribution in [0.15, 0.2) is 23.1 Å². The normalized spacial score (nSPS) is 18.4. The number of hydrogen-bond acceptors (Lipinski definition) is 5. The van der Waals surface area contributed by atoms with Crippen LogP contribution in [0, 0.1) is 5.92 Å². The van der Waals surface area contributed by atoms with E-state index in [-0.39, 0.29) is 5.56 Å². The molecule has 0 radical (unpaired) electrons. The first-order valence-electron chi connectivity index (χ1n) is 7.55. The highest BCUT2D eigenvalue weighted by Gasteiger charge is 2.30. The summed E-state index contributed by atoms with van der Waals surface area (Å²) in [5.41, 5.74) is 1.31. The van der Waals surface area contributed by atoms with Crippen molar-refractivity contribution < 1.29 is 0 Å². The lowest BCUT2D eigenvalue weighted by Crippen LogP contribution is -2.49. The van der Waals surface area contributed by atoms with Gasteiger partial charge in [-0.25, -0.2) is 9.67 Å². The molecule has 5 nitrogen and oxygen atoms in total. The molecule has 0 spiro atoms. The molecule has 0 atom stereocenters. The molecule has 2 aromatic heterocycles. The van der Waals surface area contributed by atoms with E-state index in [2.05, 4.69) is 10.00 Å². The van der Waals surface area contributed by atoms with Crippen LogP contribution < -0.4 is 10.5 Å². The SMILES string of the molecule is O=c1cccnn1CC1CN(c2nc3c(s2)CCCC3)C1. The van der Waals surface area contributed by atoms with Crippen LogP contribution >= 0.6 is 11.3 Å². The number of aromatic nitrogens is 3. The van der Waals surface area contributed by atoms with E-state index in [4.69, 9.17) is 4.98 Å². The molecular formula is C15H18N4OS. The fourth-order valence-electron chi connectivity index (χ4n) is 3.08. The van der Waals surface area contributed by atoms with Crippen LogP contribution in [0.3, 0.4) is 0 Å². The highest BCUT2D eigenvalue weighted by atomic mass is 32.1. The number of thiazole rings is 1. The van der Waals surface area contributed by atoms with Gasteiger partial charge in [-0.1, -0.05) is 0 Å². The number of anilines is 1. The first kappa shape index (κ1) is 13.0. The minimum absolute atomic E-state index is 0.0133. The predicted molar refractivity (Wildman–Crippen MR) is 83.0 cm³/mol. The van der Waals surface area contributed by atoms with Gasteiger partial charge in [-0.2, -0.15) is 5.10 Å². The Hall–Kier alpha value is -1.69. The molecule has 1 saturated heterocycles. The van der Waals surface area contributed by atoms with Crippen molar-refractivity contribution in [3.05, 3.63) is 39.3 Å². The average Bonchev–Trinajstić information content (AvgIpc) is 2.87. The fourth-order valence-corrected chi connectivity index (χ4v) is 4.25. The van der Waals surface area contributed by atoms with E-state index in [1.54, 1.807) is 23.0 Å². The summed E-state index contributed by atoms with van der Waals surface area (Å²) < 4.78 is 1.56. The molecule has 0 aromatic carbocycles. The minimum atomic E-state index is -0.0133. The molecule has 6 heteroatoms. The van der Waals surface area contributed by atoms with Gasteiger partial charge in [0.05, 0.1) is 12.2 Å². The fraction of sp³-hybridized carbons (Fsp3) is 0.533. The predicted octanol–water partition coefficient (Wildman–Crippen LogP) is 1.72. The summed E-state index contributed by atoms with van der Waals surface area (Å²) in [4.78, 5) is 20.3. The summed E-state index contributed by atoms with van der Waals surface area (Å²) in [6.07, 6.45) is 6.61. The van der Waals surface area contributed by atoms with Crippen LogP contribution in [0.25, 0.3) is 0 Å². The second kappa shape index (κ2) is 5.26. The third-order valence-corrected chi connectivity index (χ3v) is 5.50. The van der Waals surface area contributed by atoms with Gasteiger partial charge in [0.2, 0.25) is 0 Å². The maximum atomic E-state index is 11.7. The van der Waals surface area contributed by atoms with Crippen molar-refractivity contribution in [2.45, 2.75) is 32.2 Å². The van der Waals surface area contributed by atoms with Gasteiger partial charge in [0.15, 0.2) is 5.13 Å². The summed E-state index contributed by atoms with van der Waals surface area (Å²) in [5, 5.41) is 5.30. The van der Waals surface area contributed by atoms with Gasteiger partial charge in [0.1, 0.15) is 0 Å². The zero-order valence-corrected chi connectivity index (χ0v) is 12.7. The molecule has 2 aromatic rings. The van der Waals surface area contributed by atoms with E-state index in [1.807, 2.05) is 11.3 Å². The van der Waals surface area contributed by atoms with Gasteiger partial charge in [-0.05, 0) is 31.7 Å². The van der Waals surface area contributed by atoms with E-state index in [9.17, 15) is 4.79 Å². The standard InChI is InChI=1S/C15H18N4OS/c20-14-6-3-7-16-19(14)10-11-8-18(9-11)15-17-12-4-1-2-5-13(12)21-15/h3,6-7,11H,1-2,4-5,8-10H2. The van der Waals surface area contributed by atoms with Gasteiger partial charge in [-0.15, -0.1) is 11.3 Å². The lowest BCUT2D eigenvalue weighted by atomic mass is 10.0. The molecular weight excluding hydrogens is 284 g/mol. The van der Waals surface area contributed by atoms with Crippen molar-refractivity contribution in [2.75, 3.05) is 18.0 Å². The van der Waals surface area contributed by atoms with Crippen molar-refractivity contribution in [1.82, 2.24) is 14.8 Å². The van der Waals surface area contributed by atoms with Crippen molar-refractivity contribution in [3.8, 4) is 0 Å². The highest BCUT2D eigenvalue weighted by molar-refractivity contribution is 7.15. The maximum absolute atomic E-state index is 11.7. The molecule has 3 heterocycles. The molecule has 110 valence electrons. The number of rotatable bonds is 3. The van der Waals surface area contributed by atoms with E-state index >= 15 is 0 Å². The first-order valence-corrected chi connectivity index (χ1v) is 8.37. The molecule has 1 aliphatic heterocycles. The van der Waals surface area contributed by atoms with Crippen molar-refractivity contribution >= 4 is 16.5 Å². The Morgan fingerprint density at radius 3 is 2.95 bits per heavy atom. The minimum Gasteiger partial charge on any atom is -0.347 e. The molecule has 4 rings (SSSR count). The average molecular weight is 302 g/mol. The number of nitrogens with zero attached hydrogens (tertiary/aromatic N) is 4. The maximum Gasteiger partial charge on any atom is 0.266 e. The molecule has 0 N–H and O–H groups in total. The van der Waals surface area contributed by atoms with Crippen LogP contribution in [0.1, 0.15) is 23.4 Å². The third kappa shape index (κ3) is 2.48. The largest absolute Gasteiger partial charge is 0.347 e. The third-order valence-electron chi connectivity index (χ3n) is 4.28. The van der Waals surface area contributed by atoms with Crippen LogP contribution in [-0.4, -0.2) is 27.9 Å². The van der Waals surface area contributed by atoms with Crippen molar-refractivity contribution in [3.63, 3.8) is 0 Å². The van der Waals surface area contributed by atoms with Gasteiger partial charge >= 0.3 is 0 Å². The molecule has 2 aliphatic rings. The molecule has 1 aliphatic carbocycles. The molecule has 0 unspecified atom stereocenters. The Kier molecular flexibility index (Phi) is 3.25. The first-order chi connectivity index (χ1) is 10.3. The summed E-state index contributed by atoms with van der Waals surface area (Å²) in [6, 6.07) is 3.25. The lowest BCUT2D eigenvalue weighted by Gasteiger charge is -2.39. The van der Waals surface area contributed by atoms with Crippen molar-refractivity contribution in [2.24, 2.45) is 5.92 Å². The Balaban J connectivity index is 1.40. The Bertz CT molecular complexity index is 678. The summed E-state index contributed by atoms with van der Waals surface area (Å²) in [5.74, 6) is 0.499. The molecule has 0 amide bonds. The summed E-state index contributed by atoms with van der Waals surface area (Å²) in [7, 11) is 0. The van der Waals surface area contributed by atoms with Crippen LogP contribution in [0.4, 0.5) is 5.13 Å². The van der Waals surface area contributed by atoms with E-state index in [1.165, 1.54) is 35.0 Å². The molecule has 0 bridgehead atoms. The second-order valence-electron chi connectivity index (χ2n) is 5.89. The van der Waals surface area contributed by atoms with E-state index in [0.717, 1.165) is 19.5 Å². The zero-order chi connectivity index (χ0) is 14.2. The molecule has 21 heavy (non-hydrogen) atoms. The topological polar surface area (TPSA) is 51.0 Å². The second-order valence-corrected chi connectivity index (χ2v) is 6.95. The van der Waals surface area contributed by atoms with Gasteiger partial charge in [-0.3, -0.25) is 4.79 Å². The zero-order valence-electron chi connectivity index (χ0n) is 11.9. The van der Waals surface area contributed by atoms with Gasteiger partial charge < -0.3 is 4.90 Å². The van der Waals surface area contributed by atoms with Crippen LogP contribution in [0.5, 0.6) is 0 Å². The highest BCUT2D eigenvalue weighted by Crippen LogP contribution is 2.34. The summed E-state index contributed by atoms with van der Waals surface area (Å²) in [6.45, 7) is 2.67. The summed E-state index contributed by atoms with van der Waals surface area (Å²) >= 11 is 1.86. The van der Waals surface area contributed by atoms with E-state index < -0.39 is 0 Å². The Morgan fingerprint density at radius 2 is 2.14 bits per heavy atom. The lowest BCUT2D eigenvalue weighted by molar-refractivity contribution is 0.334. The quantitative estimate of drug-likeness (QED) is 0.866. The van der Waals surface area contributed by atoms with Crippen LogP contribution in [-0.2, 0) is 19.4 Å². The van der Waals surface area contributed by atoms with Gasteiger partial charge in [0, 0.05) is 36.1 Å². The Morgan fingerprint density at radius 1 is 1.29 bits per heavy atom. The van der Waals surface area contributed by atoms with Crippen LogP contribution in [0.2, 0.25) is 0 Å². The Labute approximate surface area is 127 Å². The number of aryl methyl sites for hydroxylation is 2. The molecule has 0 saturated carbocycles. The molecule has 1 fully saturated rings. The number of fused-ring (bicyclic) bond motifs is 1. The van der Waals surface area contributed by atoms with Gasteiger partial charge in [0.25, 0.3) is 5.56 Å². The monoisotopic (exact) mass is 302 g/mol. The van der Waals surface area contributed by atoms with Crippen molar-refractivity contribution in [1.29, 1.82) is 0 Å². The van der Waals surface area contributed by atoms with E-state index in [0.29, 0.717) is 12.5 Å². The number of hydrogen-bond donors (Lipinski definition) is 0.